The molecule has 3 heterocycles. The molecule has 1 fully saturated rings. The monoisotopic (exact) mass is 396 g/mol. The van der Waals surface area contributed by atoms with Crippen molar-refractivity contribution >= 4 is 23.2 Å². The van der Waals surface area contributed by atoms with Crippen LogP contribution in [-0.2, 0) is 22.6 Å². The van der Waals surface area contributed by atoms with E-state index in [0.29, 0.717) is 31.8 Å². The zero-order valence-corrected chi connectivity index (χ0v) is 16.0. The molecule has 1 aliphatic rings. The molecule has 1 unspecified atom stereocenters. The minimum Gasteiger partial charge on any atom is -0.350 e. The second-order valence-corrected chi connectivity index (χ2v) is 7.68. The van der Waals surface area contributed by atoms with Gasteiger partial charge in [0.05, 0.1) is 6.42 Å². The van der Waals surface area contributed by atoms with E-state index in [4.69, 9.17) is 0 Å². The summed E-state index contributed by atoms with van der Waals surface area (Å²) in [5, 5.41) is 18.8. The molecule has 2 aromatic heterocycles. The van der Waals surface area contributed by atoms with Gasteiger partial charge < -0.3 is 10.2 Å². The summed E-state index contributed by atoms with van der Waals surface area (Å²) in [4.78, 5) is 28.0. The minimum absolute atomic E-state index is 0.0181. The summed E-state index contributed by atoms with van der Waals surface area (Å²) < 4.78 is 0. The maximum absolute atomic E-state index is 12.7. The molecular weight excluding hydrogens is 376 g/mol. The Bertz CT molecular complexity index is 924. The largest absolute Gasteiger partial charge is 0.350 e. The van der Waals surface area contributed by atoms with E-state index < -0.39 is 0 Å². The first-order valence-corrected chi connectivity index (χ1v) is 10.0. The van der Waals surface area contributed by atoms with Crippen molar-refractivity contribution in [3.05, 3.63) is 52.2 Å². The highest BCUT2D eigenvalue weighted by atomic mass is 32.1. The number of thiophene rings is 1. The molecule has 8 nitrogen and oxygen atoms in total. The molecule has 144 valence electrons. The lowest BCUT2D eigenvalue weighted by atomic mass is 10.1. The molecule has 0 bridgehead atoms. The average Bonchev–Trinajstić information content (AvgIpc) is 3.48. The van der Waals surface area contributed by atoms with E-state index in [9.17, 15) is 9.59 Å². The zero-order valence-electron chi connectivity index (χ0n) is 15.2. The first-order chi connectivity index (χ1) is 13.7. The van der Waals surface area contributed by atoms with Crippen LogP contribution in [0.5, 0.6) is 0 Å². The van der Waals surface area contributed by atoms with Crippen LogP contribution in [-0.4, -0.2) is 49.9 Å². The SMILES string of the molecule is O=C(NCc1ccc(-c2nn[nH]n2)cc1)C1CCCN1C(=O)Cc1cccs1. The Kier molecular flexibility index (Phi) is 5.43. The third-order valence-corrected chi connectivity index (χ3v) is 5.68. The molecule has 2 amide bonds. The number of H-pyrrole nitrogens is 1. The number of carbonyl (C=O) groups is 2. The molecule has 0 saturated carbocycles. The van der Waals surface area contributed by atoms with Gasteiger partial charge in [0, 0.05) is 23.5 Å². The summed E-state index contributed by atoms with van der Waals surface area (Å²) >= 11 is 1.56. The zero-order chi connectivity index (χ0) is 19.3. The van der Waals surface area contributed by atoms with Crippen molar-refractivity contribution in [3.8, 4) is 11.4 Å². The molecule has 28 heavy (non-hydrogen) atoms. The third-order valence-electron chi connectivity index (χ3n) is 4.81. The number of hydrogen-bond donors (Lipinski definition) is 2. The number of hydrogen-bond acceptors (Lipinski definition) is 6. The number of tetrazole rings is 1. The lowest BCUT2D eigenvalue weighted by Gasteiger charge is -2.24. The maximum atomic E-state index is 12.7. The fraction of sp³-hybridized carbons (Fsp3) is 0.316. The summed E-state index contributed by atoms with van der Waals surface area (Å²) in [5.74, 6) is 0.449. The molecule has 1 aliphatic heterocycles. The van der Waals surface area contributed by atoms with Crippen molar-refractivity contribution in [3.63, 3.8) is 0 Å². The lowest BCUT2D eigenvalue weighted by molar-refractivity contribution is -0.138. The first kappa shape index (κ1) is 18.3. The van der Waals surface area contributed by atoms with Crippen molar-refractivity contribution in [2.75, 3.05) is 6.54 Å². The summed E-state index contributed by atoms with van der Waals surface area (Å²) in [6, 6.07) is 11.1. The molecule has 0 spiro atoms. The van der Waals surface area contributed by atoms with Crippen molar-refractivity contribution in [2.24, 2.45) is 0 Å². The van der Waals surface area contributed by atoms with E-state index in [2.05, 4.69) is 25.9 Å². The Morgan fingerprint density at radius 1 is 1.25 bits per heavy atom. The number of aromatic amines is 1. The molecule has 1 aromatic carbocycles. The van der Waals surface area contributed by atoms with Gasteiger partial charge in [-0.05, 0) is 35.1 Å². The minimum atomic E-state index is -0.383. The fourth-order valence-electron chi connectivity index (χ4n) is 3.36. The average molecular weight is 396 g/mol. The summed E-state index contributed by atoms with van der Waals surface area (Å²) in [7, 11) is 0. The predicted octanol–water partition coefficient (Wildman–Crippen LogP) is 1.78. The molecule has 3 aromatic rings. The van der Waals surface area contributed by atoms with Crippen LogP contribution in [0.3, 0.4) is 0 Å². The van der Waals surface area contributed by atoms with Gasteiger partial charge >= 0.3 is 0 Å². The number of amides is 2. The van der Waals surface area contributed by atoms with Gasteiger partial charge in [0.25, 0.3) is 0 Å². The highest BCUT2D eigenvalue weighted by molar-refractivity contribution is 7.10. The summed E-state index contributed by atoms with van der Waals surface area (Å²) in [6.45, 7) is 1.05. The lowest BCUT2D eigenvalue weighted by Crippen LogP contribution is -2.46. The van der Waals surface area contributed by atoms with Gasteiger partial charge in [0.1, 0.15) is 6.04 Å². The Hall–Kier alpha value is -3.07. The molecule has 9 heteroatoms. The van der Waals surface area contributed by atoms with E-state index in [1.165, 1.54) is 0 Å². The third kappa shape index (κ3) is 4.09. The van der Waals surface area contributed by atoms with Crippen LogP contribution in [0.15, 0.2) is 41.8 Å². The summed E-state index contributed by atoms with van der Waals surface area (Å²) in [5.41, 5.74) is 1.82. The number of benzene rings is 1. The van der Waals surface area contributed by atoms with Gasteiger partial charge in [-0.2, -0.15) is 5.21 Å². The van der Waals surface area contributed by atoms with Gasteiger partial charge in [-0.1, -0.05) is 30.3 Å². The quantitative estimate of drug-likeness (QED) is 0.661. The van der Waals surface area contributed by atoms with E-state index >= 15 is 0 Å². The Balaban J connectivity index is 1.33. The van der Waals surface area contributed by atoms with Crippen LogP contribution >= 0.6 is 11.3 Å². The van der Waals surface area contributed by atoms with Crippen LogP contribution in [0.2, 0.25) is 0 Å². The second-order valence-electron chi connectivity index (χ2n) is 6.65. The molecule has 1 saturated heterocycles. The van der Waals surface area contributed by atoms with Gasteiger partial charge in [-0.25, -0.2) is 0 Å². The van der Waals surface area contributed by atoms with Crippen LogP contribution in [0.4, 0.5) is 0 Å². The number of aromatic nitrogens is 4. The number of nitrogens with one attached hydrogen (secondary N) is 2. The molecule has 2 N–H and O–H groups in total. The number of likely N-dealkylation sites (tertiary alicyclic amines) is 1. The Labute approximate surface area is 166 Å². The molecule has 1 atom stereocenters. The van der Waals surface area contributed by atoms with Gasteiger partial charge in [0.2, 0.25) is 17.6 Å². The van der Waals surface area contributed by atoms with Crippen molar-refractivity contribution in [2.45, 2.75) is 31.8 Å². The maximum Gasteiger partial charge on any atom is 0.243 e. The topological polar surface area (TPSA) is 104 Å². The van der Waals surface area contributed by atoms with E-state index in [0.717, 1.165) is 22.4 Å². The Morgan fingerprint density at radius 3 is 2.82 bits per heavy atom. The van der Waals surface area contributed by atoms with E-state index in [-0.39, 0.29) is 17.9 Å². The molecular formula is C19H20N6O2S. The van der Waals surface area contributed by atoms with Crippen LogP contribution < -0.4 is 5.32 Å². The second kappa shape index (κ2) is 8.30. The normalized spacial score (nSPS) is 16.3. The van der Waals surface area contributed by atoms with Gasteiger partial charge in [-0.3, -0.25) is 9.59 Å². The van der Waals surface area contributed by atoms with Crippen molar-refractivity contribution in [1.29, 1.82) is 0 Å². The molecule has 4 rings (SSSR count). The number of carbonyl (C=O) groups excluding carboxylic acids is 2. The first-order valence-electron chi connectivity index (χ1n) is 9.13. The smallest absolute Gasteiger partial charge is 0.243 e. The highest BCUT2D eigenvalue weighted by Crippen LogP contribution is 2.20. The molecule has 0 radical (unpaired) electrons. The van der Waals surface area contributed by atoms with Crippen molar-refractivity contribution in [1.82, 2.24) is 30.8 Å². The van der Waals surface area contributed by atoms with Gasteiger partial charge in [-0.15, -0.1) is 21.5 Å². The molecule has 0 aliphatic carbocycles. The van der Waals surface area contributed by atoms with Crippen LogP contribution in [0.25, 0.3) is 11.4 Å². The van der Waals surface area contributed by atoms with Crippen LogP contribution in [0.1, 0.15) is 23.3 Å². The Morgan fingerprint density at radius 2 is 2.11 bits per heavy atom. The fourth-order valence-corrected chi connectivity index (χ4v) is 4.06. The van der Waals surface area contributed by atoms with E-state index in [1.807, 2.05) is 41.8 Å². The van der Waals surface area contributed by atoms with Crippen molar-refractivity contribution < 1.29 is 9.59 Å². The highest BCUT2D eigenvalue weighted by Gasteiger charge is 2.33. The number of rotatable bonds is 6. The van der Waals surface area contributed by atoms with Gasteiger partial charge in [0.15, 0.2) is 0 Å². The number of nitrogens with zero attached hydrogens (tertiary/aromatic N) is 4. The van der Waals surface area contributed by atoms with E-state index in [1.54, 1.807) is 16.2 Å². The standard InChI is InChI=1S/C19H20N6O2S/c26-17(11-15-3-2-10-28-15)25-9-1-4-16(25)19(27)20-12-13-5-7-14(8-6-13)18-21-23-24-22-18/h2-3,5-8,10,16H,1,4,9,11-12H2,(H,20,27)(H,21,22,23,24). The predicted molar refractivity (Wildman–Crippen MR) is 104 cm³/mol. The summed E-state index contributed by atoms with van der Waals surface area (Å²) in [6.07, 6.45) is 1.92. The van der Waals surface area contributed by atoms with Crippen LogP contribution in [0, 0.1) is 0 Å².